The van der Waals surface area contributed by atoms with Crippen molar-refractivity contribution in [2.45, 2.75) is 0 Å². The number of carbonyl (C=O) groups is 2. The lowest BCUT2D eigenvalue weighted by atomic mass is 10.3. The molecule has 0 aliphatic carbocycles. The van der Waals surface area contributed by atoms with E-state index in [4.69, 9.17) is 5.11 Å². The fourth-order valence-corrected chi connectivity index (χ4v) is 1.25. The van der Waals surface area contributed by atoms with Crippen LogP contribution < -0.4 is 10.6 Å². The maximum atomic E-state index is 13.2. The molecule has 16 heavy (non-hydrogen) atoms. The Labute approximate surface area is 98.8 Å². The molecule has 7 heteroatoms. The van der Waals surface area contributed by atoms with E-state index in [1.54, 1.807) is 6.07 Å². The summed E-state index contributed by atoms with van der Waals surface area (Å²) in [6.45, 7) is -0.524. The van der Waals surface area contributed by atoms with Gasteiger partial charge in [0.05, 0.1) is 5.69 Å². The average molecular weight is 291 g/mol. The summed E-state index contributed by atoms with van der Waals surface area (Å²) in [5.41, 5.74) is -0.0221. The minimum absolute atomic E-state index is 0.0221. The van der Waals surface area contributed by atoms with E-state index in [9.17, 15) is 14.0 Å². The first kappa shape index (κ1) is 12.4. The van der Waals surface area contributed by atoms with Crippen LogP contribution in [0, 0.1) is 5.82 Å². The quantitative estimate of drug-likeness (QED) is 0.794. The zero-order valence-corrected chi connectivity index (χ0v) is 9.54. The molecule has 86 valence electrons. The summed E-state index contributed by atoms with van der Waals surface area (Å²) in [7, 11) is 0. The molecule has 0 atom stereocenters. The number of hydrogen-bond acceptors (Lipinski definition) is 2. The largest absolute Gasteiger partial charge is 0.480 e. The molecular weight excluding hydrogens is 283 g/mol. The van der Waals surface area contributed by atoms with Crippen LogP contribution in [0.25, 0.3) is 0 Å². The highest BCUT2D eigenvalue weighted by Crippen LogP contribution is 2.18. The standard InChI is InChI=1S/C9H8BrFN2O3/c10-5-1-2-7(6(11)3-5)13-9(16)12-4-8(14)15/h1-3H,4H2,(H,14,15)(H2,12,13,16). The predicted octanol–water partition coefficient (Wildman–Crippen LogP) is 1.79. The molecule has 1 aromatic rings. The van der Waals surface area contributed by atoms with E-state index >= 15 is 0 Å². The van der Waals surface area contributed by atoms with E-state index in [0.29, 0.717) is 4.47 Å². The van der Waals surface area contributed by atoms with Crippen LogP contribution in [-0.4, -0.2) is 23.7 Å². The molecule has 0 unspecified atom stereocenters. The normalized spacial score (nSPS) is 9.62. The lowest BCUT2D eigenvalue weighted by Crippen LogP contribution is -2.33. The molecule has 0 fully saturated rings. The Morgan fingerprint density at radius 2 is 2.12 bits per heavy atom. The van der Waals surface area contributed by atoms with E-state index in [-0.39, 0.29) is 5.69 Å². The second kappa shape index (κ2) is 5.45. The van der Waals surface area contributed by atoms with Gasteiger partial charge in [0.25, 0.3) is 0 Å². The van der Waals surface area contributed by atoms with Gasteiger partial charge in [-0.25, -0.2) is 9.18 Å². The monoisotopic (exact) mass is 290 g/mol. The van der Waals surface area contributed by atoms with Gasteiger partial charge in [0.1, 0.15) is 12.4 Å². The number of aliphatic carboxylic acids is 1. The lowest BCUT2D eigenvalue weighted by Gasteiger charge is -2.06. The smallest absolute Gasteiger partial charge is 0.323 e. The third-order valence-electron chi connectivity index (χ3n) is 1.58. The summed E-state index contributed by atoms with van der Waals surface area (Å²) < 4.78 is 13.8. The highest BCUT2D eigenvalue weighted by Gasteiger charge is 2.07. The molecule has 1 aromatic carbocycles. The Kier molecular flexibility index (Phi) is 4.24. The Bertz CT molecular complexity index is 425. The molecule has 0 saturated carbocycles. The predicted molar refractivity (Wildman–Crippen MR) is 58.8 cm³/mol. The van der Waals surface area contributed by atoms with Crippen molar-refractivity contribution < 1.29 is 19.1 Å². The van der Waals surface area contributed by atoms with Gasteiger partial charge in [-0.3, -0.25) is 4.79 Å². The number of hydrogen-bond donors (Lipinski definition) is 3. The van der Waals surface area contributed by atoms with Crippen molar-refractivity contribution in [1.29, 1.82) is 0 Å². The van der Waals surface area contributed by atoms with E-state index in [0.717, 1.165) is 0 Å². The molecule has 0 aromatic heterocycles. The van der Waals surface area contributed by atoms with Crippen molar-refractivity contribution in [3.63, 3.8) is 0 Å². The summed E-state index contributed by atoms with van der Waals surface area (Å²) >= 11 is 3.07. The molecule has 0 bridgehead atoms. The van der Waals surface area contributed by atoms with Gasteiger partial charge in [-0.15, -0.1) is 0 Å². The molecule has 0 aliphatic heterocycles. The Morgan fingerprint density at radius 3 is 2.69 bits per heavy atom. The Morgan fingerprint density at radius 1 is 1.44 bits per heavy atom. The molecule has 5 nitrogen and oxygen atoms in total. The molecule has 0 aliphatic rings. The first-order valence-corrected chi connectivity index (χ1v) is 5.00. The van der Waals surface area contributed by atoms with Crippen LogP contribution in [0.4, 0.5) is 14.9 Å². The van der Waals surface area contributed by atoms with Gasteiger partial charge in [-0.1, -0.05) is 15.9 Å². The van der Waals surface area contributed by atoms with Crippen LogP contribution in [0.5, 0.6) is 0 Å². The Hall–Kier alpha value is -1.63. The van der Waals surface area contributed by atoms with Crippen LogP contribution in [-0.2, 0) is 4.79 Å². The zero-order valence-electron chi connectivity index (χ0n) is 7.96. The minimum Gasteiger partial charge on any atom is -0.480 e. The summed E-state index contributed by atoms with van der Waals surface area (Å²) in [6.07, 6.45) is 0. The number of carboxylic acid groups (broad SMARTS) is 1. The van der Waals surface area contributed by atoms with Crippen molar-refractivity contribution in [3.8, 4) is 0 Å². The molecule has 0 radical (unpaired) electrons. The lowest BCUT2D eigenvalue weighted by molar-refractivity contribution is -0.135. The van der Waals surface area contributed by atoms with Crippen LogP contribution in [0.1, 0.15) is 0 Å². The average Bonchev–Trinajstić information content (AvgIpc) is 2.19. The third-order valence-corrected chi connectivity index (χ3v) is 2.07. The maximum absolute atomic E-state index is 13.2. The van der Waals surface area contributed by atoms with Gasteiger partial charge in [-0.2, -0.15) is 0 Å². The molecule has 3 N–H and O–H groups in total. The van der Waals surface area contributed by atoms with E-state index in [1.165, 1.54) is 12.1 Å². The first-order chi connectivity index (χ1) is 7.49. The van der Waals surface area contributed by atoms with E-state index in [1.807, 2.05) is 5.32 Å². The third kappa shape index (κ3) is 3.85. The molecular formula is C9H8BrFN2O3. The van der Waals surface area contributed by atoms with E-state index < -0.39 is 24.4 Å². The first-order valence-electron chi connectivity index (χ1n) is 4.20. The maximum Gasteiger partial charge on any atom is 0.323 e. The van der Waals surface area contributed by atoms with Crippen molar-refractivity contribution >= 4 is 33.6 Å². The van der Waals surface area contributed by atoms with E-state index in [2.05, 4.69) is 21.2 Å². The van der Waals surface area contributed by atoms with Gasteiger partial charge >= 0.3 is 12.0 Å². The number of carbonyl (C=O) groups excluding carboxylic acids is 1. The Balaban J connectivity index is 2.59. The van der Waals surface area contributed by atoms with Crippen molar-refractivity contribution in [2.24, 2.45) is 0 Å². The van der Waals surface area contributed by atoms with Crippen LogP contribution in [0.2, 0.25) is 0 Å². The number of anilines is 1. The number of benzene rings is 1. The second-order valence-corrected chi connectivity index (χ2v) is 3.74. The zero-order chi connectivity index (χ0) is 12.1. The number of carboxylic acids is 1. The highest BCUT2D eigenvalue weighted by atomic mass is 79.9. The number of halogens is 2. The summed E-state index contributed by atoms with van der Waals surface area (Å²) in [5, 5.41) is 12.5. The van der Waals surface area contributed by atoms with Crippen LogP contribution in [0.3, 0.4) is 0 Å². The minimum atomic E-state index is -1.17. The van der Waals surface area contributed by atoms with Gasteiger partial charge < -0.3 is 15.7 Å². The summed E-state index contributed by atoms with van der Waals surface area (Å²) in [5.74, 6) is -1.79. The van der Waals surface area contributed by atoms with Gasteiger partial charge in [0, 0.05) is 4.47 Å². The number of amides is 2. The highest BCUT2D eigenvalue weighted by molar-refractivity contribution is 9.10. The summed E-state index contributed by atoms with van der Waals surface area (Å²) in [4.78, 5) is 21.2. The SMILES string of the molecule is O=C(O)CNC(=O)Nc1ccc(Br)cc1F. The van der Waals surface area contributed by atoms with Gasteiger partial charge in [0.2, 0.25) is 0 Å². The number of rotatable bonds is 3. The molecule has 0 heterocycles. The van der Waals surface area contributed by atoms with Gasteiger partial charge in [0.15, 0.2) is 0 Å². The topological polar surface area (TPSA) is 78.4 Å². The number of nitrogens with one attached hydrogen (secondary N) is 2. The fourth-order valence-electron chi connectivity index (χ4n) is 0.913. The molecule has 1 rings (SSSR count). The summed E-state index contributed by atoms with van der Waals surface area (Å²) in [6, 6.07) is 3.33. The fraction of sp³-hybridized carbons (Fsp3) is 0.111. The van der Waals surface area contributed by atoms with Crippen molar-refractivity contribution in [2.75, 3.05) is 11.9 Å². The van der Waals surface area contributed by atoms with Crippen LogP contribution in [0.15, 0.2) is 22.7 Å². The second-order valence-electron chi connectivity index (χ2n) is 2.83. The van der Waals surface area contributed by atoms with Crippen molar-refractivity contribution in [1.82, 2.24) is 5.32 Å². The number of urea groups is 1. The van der Waals surface area contributed by atoms with Crippen LogP contribution >= 0.6 is 15.9 Å². The van der Waals surface area contributed by atoms with Crippen molar-refractivity contribution in [3.05, 3.63) is 28.5 Å². The van der Waals surface area contributed by atoms with Gasteiger partial charge in [-0.05, 0) is 18.2 Å². The molecule has 0 spiro atoms. The molecule has 0 saturated heterocycles. The molecule has 2 amide bonds.